The number of hydrogen-bond acceptors (Lipinski definition) is 2. The first-order valence-electron chi connectivity index (χ1n) is 20.8. The third-order valence-corrected chi connectivity index (χ3v) is 12.6. The topological polar surface area (TPSA) is 45.7 Å². The van der Waals surface area contributed by atoms with E-state index in [0.717, 1.165) is 56.1 Å². The van der Waals surface area contributed by atoms with Crippen molar-refractivity contribution in [2.75, 3.05) is 0 Å². The molecule has 5 aromatic heterocycles. The Morgan fingerprint density at radius 3 is 1.92 bits per heavy atom. The molecule has 0 aliphatic heterocycles. The zero-order valence-electron chi connectivity index (χ0n) is 34.7. The Bertz CT molecular complexity index is 3740. The van der Waals surface area contributed by atoms with Gasteiger partial charge in [0.15, 0.2) is 0 Å². The van der Waals surface area contributed by atoms with E-state index in [2.05, 4.69) is 204 Å². The molecule has 7 nitrogen and oxygen atoms in total. The second kappa shape index (κ2) is 12.9. The van der Waals surface area contributed by atoms with Gasteiger partial charge in [0.1, 0.15) is 17.3 Å². The normalized spacial score (nSPS) is 12.3. The number of ether oxygens (including phenoxy) is 1. The maximum atomic E-state index is 6.86. The monoisotopic (exact) mass is 790 g/mol. The summed E-state index contributed by atoms with van der Waals surface area (Å²) in [5, 5.41) is 7.26. The van der Waals surface area contributed by atoms with Crippen molar-refractivity contribution in [3.8, 4) is 28.7 Å². The summed E-state index contributed by atoms with van der Waals surface area (Å²) >= 11 is 0. The summed E-state index contributed by atoms with van der Waals surface area (Å²) in [7, 11) is 4.41. The minimum absolute atomic E-state index is 0.0732. The Morgan fingerprint density at radius 2 is 1.16 bits per heavy atom. The average Bonchev–Trinajstić information content (AvgIpc) is 4.01. The SMILES string of the molecule is Cn1c2ccccc2c2c3c4ccc(Oc5cccc(-[n+]6[c-]n(-c7ccccc7)c7ccccc76)c5)cc4n(-c4cc(C(C)(C)C)ccn4)c3c3c4ccccc4n(C)c3c21. The summed E-state index contributed by atoms with van der Waals surface area (Å²) in [6.07, 6.45) is 5.57. The van der Waals surface area contributed by atoms with Crippen molar-refractivity contribution < 1.29 is 9.30 Å². The van der Waals surface area contributed by atoms with Crippen molar-refractivity contribution in [3.05, 3.63) is 176 Å². The lowest BCUT2D eigenvalue weighted by Gasteiger charge is -2.20. The summed E-state index contributed by atoms with van der Waals surface area (Å²) in [5.41, 5.74) is 12.3. The molecule has 7 heteroatoms. The molecule has 12 aromatic rings. The van der Waals surface area contributed by atoms with Gasteiger partial charge in [0, 0.05) is 69.7 Å². The van der Waals surface area contributed by atoms with E-state index < -0.39 is 0 Å². The molecule has 294 valence electrons. The molecule has 12 rings (SSSR count). The number of nitrogens with zero attached hydrogens (tertiary/aromatic N) is 6. The van der Waals surface area contributed by atoms with E-state index in [-0.39, 0.29) is 5.41 Å². The van der Waals surface area contributed by atoms with Crippen molar-refractivity contribution in [1.29, 1.82) is 0 Å². The summed E-state index contributed by atoms with van der Waals surface area (Å²) in [6, 6.07) is 55.6. The zero-order valence-corrected chi connectivity index (χ0v) is 34.7. The third-order valence-electron chi connectivity index (χ3n) is 12.6. The molecule has 0 saturated carbocycles. The summed E-state index contributed by atoms with van der Waals surface area (Å²) in [5.74, 6) is 2.35. The van der Waals surface area contributed by atoms with Gasteiger partial charge >= 0.3 is 0 Å². The maximum Gasteiger partial charge on any atom is 0.269 e. The molecule has 61 heavy (non-hydrogen) atoms. The fourth-order valence-electron chi connectivity index (χ4n) is 9.74. The van der Waals surface area contributed by atoms with E-state index in [1.165, 1.54) is 54.6 Å². The van der Waals surface area contributed by atoms with Gasteiger partial charge in [-0.2, -0.15) is 0 Å². The number of fused-ring (bicyclic) bond motifs is 13. The lowest BCUT2D eigenvalue weighted by Crippen LogP contribution is -2.29. The first-order valence-corrected chi connectivity index (χ1v) is 20.8. The van der Waals surface area contributed by atoms with Crippen molar-refractivity contribution in [3.63, 3.8) is 0 Å². The summed E-state index contributed by atoms with van der Waals surface area (Å²) in [6.45, 7) is 6.78. The standard InChI is InChI=1S/C54H42N6O/c1-54(2,3)34-28-29-55-47(30-34)60-46-32-38(61-37-19-15-18-36(31-37)59-33-58(35-16-7-6-8-17-35)44-24-13-14-25-45(44)59)26-27-41(46)48-49-39-20-9-11-22-42(39)56(4)52(49)53-50(51(48)60)40-21-10-12-23-43(40)57(53)5/h6-32H,1-5H3. The average molecular weight is 791 g/mol. The number of pyridine rings is 1. The van der Waals surface area contributed by atoms with Crippen LogP contribution in [0.2, 0.25) is 0 Å². The van der Waals surface area contributed by atoms with Crippen LogP contribution in [0.4, 0.5) is 0 Å². The molecule has 0 fully saturated rings. The number of para-hydroxylation sites is 5. The van der Waals surface area contributed by atoms with E-state index in [4.69, 9.17) is 9.72 Å². The van der Waals surface area contributed by atoms with Crippen LogP contribution in [0.3, 0.4) is 0 Å². The molecule has 7 aromatic carbocycles. The van der Waals surface area contributed by atoms with E-state index in [9.17, 15) is 0 Å². The minimum Gasteiger partial charge on any atom is -0.458 e. The van der Waals surface area contributed by atoms with Gasteiger partial charge in [0.2, 0.25) is 0 Å². The smallest absolute Gasteiger partial charge is 0.269 e. The van der Waals surface area contributed by atoms with Gasteiger partial charge in [-0.05, 0) is 77.7 Å². The molecule has 5 heterocycles. The highest BCUT2D eigenvalue weighted by Crippen LogP contribution is 2.49. The van der Waals surface area contributed by atoms with Crippen LogP contribution in [-0.2, 0) is 19.5 Å². The highest BCUT2D eigenvalue weighted by molar-refractivity contribution is 6.40. The van der Waals surface area contributed by atoms with Crippen LogP contribution in [0.25, 0.3) is 93.6 Å². The van der Waals surface area contributed by atoms with Crippen LogP contribution in [0.15, 0.2) is 164 Å². The molecule has 0 aliphatic rings. The molecule has 0 radical (unpaired) electrons. The highest BCUT2D eigenvalue weighted by atomic mass is 16.5. The van der Waals surface area contributed by atoms with Gasteiger partial charge in [-0.15, -0.1) is 0 Å². The second-order valence-electron chi connectivity index (χ2n) is 17.2. The fourth-order valence-corrected chi connectivity index (χ4v) is 9.74. The fraction of sp³-hybridized carbons (Fsp3) is 0.111. The molecule has 0 bridgehead atoms. The number of aryl methyl sites for hydroxylation is 2. The van der Waals surface area contributed by atoms with Gasteiger partial charge < -0.3 is 13.9 Å². The van der Waals surface area contributed by atoms with E-state index in [1.807, 2.05) is 24.4 Å². The molecule has 0 atom stereocenters. The first kappa shape index (κ1) is 35.3. The summed E-state index contributed by atoms with van der Waals surface area (Å²) < 4.78 is 18.2. The Morgan fingerprint density at radius 1 is 0.541 bits per heavy atom. The van der Waals surface area contributed by atoms with Crippen molar-refractivity contribution in [2.45, 2.75) is 26.2 Å². The number of hydrogen-bond donors (Lipinski definition) is 0. The van der Waals surface area contributed by atoms with Crippen molar-refractivity contribution in [1.82, 2.24) is 23.3 Å². The quantitative estimate of drug-likeness (QED) is 0.129. The molecular formula is C54H42N6O. The lowest BCUT2D eigenvalue weighted by atomic mass is 9.88. The molecule has 0 aliphatic carbocycles. The van der Waals surface area contributed by atoms with Crippen molar-refractivity contribution in [2.24, 2.45) is 14.1 Å². The summed E-state index contributed by atoms with van der Waals surface area (Å²) in [4.78, 5) is 5.15. The maximum absolute atomic E-state index is 6.86. The third kappa shape index (κ3) is 5.16. The van der Waals surface area contributed by atoms with Gasteiger partial charge in [-0.1, -0.05) is 106 Å². The van der Waals surface area contributed by atoms with Crippen LogP contribution in [0.5, 0.6) is 11.5 Å². The minimum atomic E-state index is -0.0732. The van der Waals surface area contributed by atoms with Gasteiger partial charge in [0.25, 0.3) is 6.33 Å². The van der Waals surface area contributed by atoms with Gasteiger partial charge in [0.05, 0.1) is 44.5 Å². The molecule has 0 unspecified atom stereocenters. The Balaban J connectivity index is 1.12. The largest absolute Gasteiger partial charge is 0.458 e. The van der Waals surface area contributed by atoms with Crippen LogP contribution in [0, 0.1) is 6.33 Å². The van der Waals surface area contributed by atoms with Crippen LogP contribution in [0.1, 0.15) is 26.3 Å². The number of imidazole rings is 1. The number of aromatic nitrogens is 6. The zero-order chi connectivity index (χ0) is 41.1. The Kier molecular flexibility index (Phi) is 7.49. The lowest BCUT2D eigenvalue weighted by molar-refractivity contribution is -0.572. The van der Waals surface area contributed by atoms with Gasteiger partial charge in [-0.3, -0.25) is 13.7 Å². The molecule has 0 saturated heterocycles. The number of benzene rings is 7. The van der Waals surface area contributed by atoms with E-state index in [0.29, 0.717) is 0 Å². The predicted octanol–water partition coefficient (Wildman–Crippen LogP) is 12.6. The first-order chi connectivity index (χ1) is 29.7. The van der Waals surface area contributed by atoms with Gasteiger partial charge in [-0.25, -0.2) is 4.98 Å². The van der Waals surface area contributed by atoms with Crippen LogP contribution >= 0.6 is 0 Å². The van der Waals surface area contributed by atoms with E-state index >= 15 is 0 Å². The van der Waals surface area contributed by atoms with Crippen LogP contribution < -0.4 is 9.30 Å². The van der Waals surface area contributed by atoms with E-state index in [1.54, 1.807) is 0 Å². The van der Waals surface area contributed by atoms with Crippen molar-refractivity contribution >= 4 is 76.5 Å². The number of rotatable bonds is 5. The molecule has 0 N–H and O–H groups in total. The Labute approximate surface area is 352 Å². The Hall–Kier alpha value is -7.64. The highest BCUT2D eigenvalue weighted by Gasteiger charge is 2.28. The molecular weight excluding hydrogens is 749 g/mol. The van der Waals surface area contributed by atoms with Crippen LogP contribution in [-0.4, -0.2) is 23.3 Å². The molecule has 0 amide bonds. The second-order valence-corrected chi connectivity index (χ2v) is 17.2. The molecule has 0 spiro atoms. The predicted molar refractivity (Wildman–Crippen MR) is 249 cm³/mol.